The molecule has 2 aliphatic rings. The van der Waals surface area contributed by atoms with Crippen molar-refractivity contribution in [3.05, 3.63) is 30.1 Å². The minimum Gasteiger partial charge on any atom is -0.369 e. The first kappa shape index (κ1) is 18.8. The van der Waals surface area contributed by atoms with Crippen molar-refractivity contribution >= 4 is 17.5 Å². The molecule has 2 saturated heterocycles. The zero-order chi connectivity index (χ0) is 18.9. The van der Waals surface area contributed by atoms with Gasteiger partial charge in [0.2, 0.25) is 0 Å². The maximum absolute atomic E-state index is 13.2. The van der Waals surface area contributed by atoms with Gasteiger partial charge in [-0.05, 0) is 51.0 Å². The van der Waals surface area contributed by atoms with Crippen LogP contribution in [0.3, 0.4) is 0 Å². The lowest BCUT2D eigenvalue weighted by Crippen LogP contribution is -2.63. The fraction of sp³-hybridized carbons (Fsp3) is 0.579. The molecule has 1 atom stereocenters. The highest BCUT2D eigenvalue weighted by atomic mass is 19.1. The van der Waals surface area contributed by atoms with E-state index < -0.39 is 11.2 Å². The van der Waals surface area contributed by atoms with Gasteiger partial charge in [-0.3, -0.25) is 9.59 Å². The van der Waals surface area contributed by atoms with Gasteiger partial charge in [-0.2, -0.15) is 0 Å². The second-order valence-electron chi connectivity index (χ2n) is 7.47. The Bertz CT molecular complexity index is 691. The smallest absolute Gasteiger partial charge is 0.254 e. The number of hydrogen-bond donors (Lipinski definition) is 0. The van der Waals surface area contributed by atoms with E-state index in [0.29, 0.717) is 25.3 Å². The summed E-state index contributed by atoms with van der Waals surface area (Å²) in [7, 11) is 1.52. The third kappa shape index (κ3) is 3.59. The van der Waals surface area contributed by atoms with E-state index in [2.05, 4.69) is 0 Å². The molecule has 0 bridgehead atoms. The normalized spacial score (nSPS) is 24.2. The fourth-order valence-electron chi connectivity index (χ4n) is 3.56. The maximum Gasteiger partial charge on any atom is 0.254 e. The highest BCUT2D eigenvalue weighted by Gasteiger charge is 2.46. The zero-order valence-electron chi connectivity index (χ0n) is 15.5. The molecule has 26 heavy (non-hydrogen) atoms. The number of rotatable bonds is 3. The highest BCUT2D eigenvalue weighted by Crippen LogP contribution is 2.33. The number of anilines is 1. The summed E-state index contributed by atoms with van der Waals surface area (Å²) in [6, 6.07) is 5.85. The van der Waals surface area contributed by atoms with Crippen LogP contribution in [0.4, 0.5) is 10.1 Å². The molecular formula is C19H25FN2O4. The standard InChI is InChI=1S/C19H25FN2O4/c1-18(2,25-3)17(24)21-10-4-9-19(12-21)13-22(16(23)11-26-19)15-7-5-14(20)6-8-15/h5-8H,4,9-13H2,1-3H3. The first-order chi connectivity index (χ1) is 12.3. The molecule has 3 rings (SSSR count). The predicted octanol–water partition coefficient (Wildman–Crippen LogP) is 1.98. The van der Waals surface area contributed by atoms with E-state index >= 15 is 0 Å². The van der Waals surface area contributed by atoms with Crippen LogP contribution in [0.5, 0.6) is 0 Å². The van der Waals surface area contributed by atoms with Crippen LogP contribution in [0.1, 0.15) is 26.7 Å². The van der Waals surface area contributed by atoms with Crippen LogP contribution >= 0.6 is 0 Å². The number of halogens is 1. The summed E-state index contributed by atoms with van der Waals surface area (Å²) in [5.41, 5.74) is -0.876. The number of amides is 2. The van der Waals surface area contributed by atoms with Crippen molar-refractivity contribution in [2.24, 2.45) is 0 Å². The molecule has 2 fully saturated rings. The lowest BCUT2D eigenvalue weighted by molar-refractivity contribution is -0.165. The van der Waals surface area contributed by atoms with Gasteiger partial charge in [-0.1, -0.05) is 0 Å². The lowest BCUT2D eigenvalue weighted by atomic mass is 9.89. The summed E-state index contributed by atoms with van der Waals surface area (Å²) in [6.07, 6.45) is 1.55. The van der Waals surface area contributed by atoms with Crippen LogP contribution in [0, 0.1) is 5.82 Å². The molecule has 7 heteroatoms. The van der Waals surface area contributed by atoms with Crippen molar-refractivity contribution in [3.8, 4) is 0 Å². The Balaban J connectivity index is 1.79. The largest absolute Gasteiger partial charge is 0.369 e. The van der Waals surface area contributed by atoms with E-state index in [1.54, 1.807) is 35.8 Å². The van der Waals surface area contributed by atoms with Crippen molar-refractivity contribution in [1.29, 1.82) is 0 Å². The number of ether oxygens (including phenoxy) is 2. The van der Waals surface area contributed by atoms with Crippen LogP contribution in [0.25, 0.3) is 0 Å². The van der Waals surface area contributed by atoms with Crippen molar-refractivity contribution in [1.82, 2.24) is 4.90 Å². The van der Waals surface area contributed by atoms with Gasteiger partial charge >= 0.3 is 0 Å². The van der Waals surface area contributed by atoms with Gasteiger partial charge in [0.15, 0.2) is 0 Å². The Morgan fingerprint density at radius 2 is 1.96 bits per heavy atom. The van der Waals surface area contributed by atoms with Gasteiger partial charge < -0.3 is 19.3 Å². The van der Waals surface area contributed by atoms with Crippen LogP contribution in [-0.4, -0.2) is 61.3 Å². The molecule has 2 heterocycles. The third-order valence-corrected chi connectivity index (χ3v) is 5.24. The molecule has 2 amide bonds. The molecule has 0 N–H and O–H groups in total. The molecule has 1 aromatic rings. The van der Waals surface area contributed by atoms with Crippen LogP contribution < -0.4 is 4.90 Å². The summed E-state index contributed by atoms with van der Waals surface area (Å²) in [4.78, 5) is 28.5. The SMILES string of the molecule is COC(C)(C)C(=O)N1CCCC2(C1)CN(c1ccc(F)cc1)C(=O)CO2. The topological polar surface area (TPSA) is 59.1 Å². The Labute approximate surface area is 152 Å². The van der Waals surface area contributed by atoms with Crippen molar-refractivity contribution < 1.29 is 23.5 Å². The molecule has 142 valence electrons. The third-order valence-electron chi connectivity index (χ3n) is 5.24. The van der Waals surface area contributed by atoms with Crippen LogP contribution in [0.15, 0.2) is 24.3 Å². The lowest BCUT2D eigenvalue weighted by Gasteiger charge is -2.48. The molecule has 0 aromatic heterocycles. The Hall–Kier alpha value is -1.99. The summed E-state index contributed by atoms with van der Waals surface area (Å²) in [6.45, 7) is 4.83. The predicted molar refractivity (Wildman–Crippen MR) is 94.3 cm³/mol. The monoisotopic (exact) mass is 364 g/mol. The number of piperidine rings is 1. The summed E-state index contributed by atoms with van der Waals surface area (Å²) in [5.74, 6) is -0.601. The summed E-state index contributed by atoms with van der Waals surface area (Å²) < 4.78 is 24.4. The Morgan fingerprint density at radius 1 is 1.27 bits per heavy atom. The molecule has 0 radical (unpaired) electrons. The van der Waals surface area contributed by atoms with E-state index in [4.69, 9.17) is 9.47 Å². The average molecular weight is 364 g/mol. The van der Waals surface area contributed by atoms with E-state index in [9.17, 15) is 14.0 Å². The van der Waals surface area contributed by atoms with Gasteiger partial charge in [0.05, 0.1) is 13.1 Å². The molecule has 6 nitrogen and oxygen atoms in total. The number of morpholine rings is 1. The summed E-state index contributed by atoms with van der Waals surface area (Å²) >= 11 is 0. The average Bonchev–Trinajstić information content (AvgIpc) is 2.64. The van der Waals surface area contributed by atoms with Crippen LogP contribution in [-0.2, 0) is 19.1 Å². The molecule has 1 spiro atoms. The van der Waals surface area contributed by atoms with Crippen molar-refractivity contribution in [2.75, 3.05) is 38.3 Å². The van der Waals surface area contributed by atoms with Gasteiger partial charge in [0, 0.05) is 19.3 Å². The van der Waals surface area contributed by atoms with Crippen molar-refractivity contribution in [3.63, 3.8) is 0 Å². The first-order valence-corrected chi connectivity index (χ1v) is 8.81. The zero-order valence-corrected chi connectivity index (χ0v) is 15.5. The minimum atomic E-state index is -0.903. The van der Waals surface area contributed by atoms with Gasteiger partial charge in [0.25, 0.3) is 11.8 Å². The number of nitrogens with zero attached hydrogens (tertiary/aromatic N) is 2. The molecular weight excluding hydrogens is 339 g/mol. The fourth-order valence-corrected chi connectivity index (χ4v) is 3.56. The van der Waals surface area contributed by atoms with Gasteiger partial charge in [-0.25, -0.2) is 4.39 Å². The molecule has 0 aliphatic carbocycles. The number of benzene rings is 1. The number of likely N-dealkylation sites (tertiary alicyclic amines) is 1. The van der Waals surface area contributed by atoms with E-state index in [1.165, 1.54) is 19.2 Å². The number of carbonyl (C=O) groups excluding carboxylic acids is 2. The number of carbonyl (C=O) groups is 2. The summed E-state index contributed by atoms with van der Waals surface area (Å²) in [5, 5.41) is 0. The van der Waals surface area contributed by atoms with E-state index in [1.807, 2.05) is 0 Å². The molecule has 0 saturated carbocycles. The maximum atomic E-state index is 13.2. The molecule has 2 aliphatic heterocycles. The Kier molecular flexibility index (Phi) is 5.03. The molecule has 1 unspecified atom stereocenters. The van der Waals surface area contributed by atoms with Gasteiger partial charge in [-0.15, -0.1) is 0 Å². The first-order valence-electron chi connectivity index (χ1n) is 8.81. The van der Waals surface area contributed by atoms with Crippen molar-refractivity contribution in [2.45, 2.75) is 37.9 Å². The quantitative estimate of drug-likeness (QED) is 0.823. The minimum absolute atomic E-state index is 0.0485. The van der Waals surface area contributed by atoms with E-state index in [-0.39, 0.29) is 24.2 Å². The van der Waals surface area contributed by atoms with E-state index in [0.717, 1.165) is 12.8 Å². The van der Waals surface area contributed by atoms with Gasteiger partial charge in [0.1, 0.15) is 23.6 Å². The number of methoxy groups -OCH3 is 1. The number of hydrogen-bond acceptors (Lipinski definition) is 4. The van der Waals surface area contributed by atoms with Crippen LogP contribution in [0.2, 0.25) is 0 Å². The second kappa shape index (κ2) is 6.96. The molecule has 1 aromatic carbocycles. The second-order valence-corrected chi connectivity index (χ2v) is 7.47. The Morgan fingerprint density at radius 3 is 2.62 bits per heavy atom. The highest BCUT2D eigenvalue weighted by molar-refractivity contribution is 5.95.